The summed E-state index contributed by atoms with van der Waals surface area (Å²) in [5.74, 6) is -0.222. The number of carbonyl (C=O) groups is 1. The van der Waals surface area contributed by atoms with E-state index in [1.165, 1.54) is 5.69 Å². The van der Waals surface area contributed by atoms with E-state index in [4.69, 9.17) is 0 Å². The summed E-state index contributed by atoms with van der Waals surface area (Å²) < 4.78 is 0. The van der Waals surface area contributed by atoms with Crippen molar-refractivity contribution in [3.63, 3.8) is 0 Å². The third-order valence-electron chi connectivity index (χ3n) is 4.44. The second-order valence-corrected chi connectivity index (χ2v) is 6.28. The van der Waals surface area contributed by atoms with E-state index in [1.807, 2.05) is 36.4 Å². The zero-order valence-corrected chi connectivity index (χ0v) is 16.2. The molecule has 3 aromatic rings. The molecule has 2 aromatic heterocycles. The third kappa shape index (κ3) is 5.07. The summed E-state index contributed by atoms with van der Waals surface area (Å²) in [5, 5.41) is 6.13. The van der Waals surface area contributed by atoms with Gasteiger partial charge in [-0.05, 0) is 62.4 Å². The fourth-order valence-corrected chi connectivity index (χ4v) is 2.88. The molecule has 28 heavy (non-hydrogen) atoms. The fourth-order valence-electron chi connectivity index (χ4n) is 2.88. The zero-order valence-electron chi connectivity index (χ0n) is 16.2. The van der Waals surface area contributed by atoms with E-state index in [9.17, 15) is 4.79 Å². The molecular formula is C22H25N5O. The maximum absolute atomic E-state index is 12.2. The number of amides is 1. The number of benzene rings is 1. The molecule has 1 amide bonds. The van der Waals surface area contributed by atoms with E-state index in [1.54, 1.807) is 18.5 Å². The number of nitrogens with one attached hydrogen (secondary N) is 2. The van der Waals surface area contributed by atoms with Gasteiger partial charge in [-0.15, -0.1) is 0 Å². The molecule has 0 aliphatic carbocycles. The predicted molar refractivity (Wildman–Crippen MR) is 113 cm³/mol. The first-order valence-corrected chi connectivity index (χ1v) is 9.45. The number of anilines is 3. The van der Waals surface area contributed by atoms with Crippen LogP contribution >= 0.6 is 0 Å². The van der Waals surface area contributed by atoms with Crippen LogP contribution in [-0.2, 0) is 6.54 Å². The first-order chi connectivity index (χ1) is 13.7. The van der Waals surface area contributed by atoms with Gasteiger partial charge in [0.1, 0.15) is 5.69 Å². The van der Waals surface area contributed by atoms with Gasteiger partial charge in [0.05, 0.1) is 24.1 Å². The van der Waals surface area contributed by atoms with E-state index in [0.29, 0.717) is 12.2 Å². The van der Waals surface area contributed by atoms with Gasteiger partial charge in [0.15, 0.2) is 0 Å². The van der Waals surface area contributed by atoms with Gasteiger partial charge in [-0.25, -0.2) is 4.98 Å². The van der Waals surface area contributed by atoms with Crippen molar-refractivity contribution in [2.24, 2.45) is 0 Å². The van der Waals surface area contributed by atoms with Gasteiger partial charge in [-0.3, -0.25) is 9.78 Å². The number of rotatable bonds is 8. The van der Waals surface area contributed by atoms with E-state index >= 15 is 0 Å². The molecule has 0 aliphatic heterocycles. The highest BCUT2D eigenvalue weighted by molar-refractivity contribution is 5.92. The molecule has 0 spiro atoms. The molecule has 0 fully saturated rings. The Labute approximate surface area is 165 Å². The van der Waals surface area contributed by atoms with Crippen LogP contribution in [0.1, 0.15) is 30.0 Å². The van der Waals surface area contributed by atoms with Crippen LogP contribution in [0.4, 0.5) is 17.1 Å². The van der Waals surface area contributed by atoms with Gasteiger partial charge in [-0.2, -0.15) is 0 Å². The van der Waals surface area contributed by atoms with Crippen LogP contribution in [0, 0.1) is 0 Å². The Morgan fingerprint density at radius 2 is 1.68 bits per heavy atom. The lowest BCUT2D eigenvalue weighted by atomic mass is 10.2. The molecule has 0 aliphatic rings. The topological polar surface area (TPSA) is 70.2 Å². The summed E-state index contributed by atoms with van der Waals surface area (Å²) in [4.78, 5) is 23.0. The first-order valence-electron chi connectivity index (χ1n) is 9.45. The summed E-state index contributed by atoms with van der Waals surface area (Å²) in [5.41, 5.74) is 4.19. The number of carbonyl (C=O) groups excluding carboxylic acids is 1. The fraction of sp³-hybridized carbons (Fsp3) is 0.227. The average molecular weight is 375 g/mol. The zero-order chi connectivity index (χ0) is 19.8. The molecule has 2 heterocycles. The second kappa shape index (κ2) is 9.50. The van der Waals surface area contributed by atoms with Crippen LogP contribution in [0.15, 0.2) is 67.0 Å². The molecule has 6 heteroatoms. The number of hydrogen-bond donors (Lipinski definition) is 2. The first kappa shape index (κ1) is 19.4. The maximum Gasteiger partial charge on any atom is 0.270 e. The lowest BCUT2D eigenvalue weighted by Gasteiger charge is -2.21. The minimum atomic E-state index is -0.222. The summed E-state index contributed by atoms with van der Waals surface area (Å²) in [6, 6.07) is 17.4. The molecule has 0 atom stereocenters. The highest BCUT2D eigenvalue weighted by Gasteiger charge is 2.07. The standard InChI is InChI=1S/C22H25N5O/c1-3-27(4-2)20-11-8-17(9-12-20)26-19-10-13-21(24-16-19)22(28)25-15-18-7-5-6-14-23-18/h5-14,16,26H,3-4,15H2,1-2H3,(H,25,28). The summed E-state index contributed by atoms with van der Waals surface area (Å²) >= 11 is 0. The SMILES string of the molecule is CCN(CC)c1ccc(Nc2ccc(C(=O)NCc3ccccn3)nc2)cc1. The molecular weight excluding hydrogens is 350 g/mol. The molecule has 0 saturated carbocycles. The van der Waals surface area contributed by atoms with E-state index in [-0.39, 0.29) is 5.91 Å². The Balaban J connectivity index is 1.57. The maximum atomic E-state index is 12.2. The Kier molecular flexibility index (Phi) is 6.57. The molecule has 1 aromatic carbocycles. The minimum absolute atomic E-state index is 0.222. The highest BCUT2D eigenvalue weighted by atomic mass is 16.1. The quantitative estimate of drug-likeness (QED) is 0.623. The van der Waals surface area contributed by atoms with Gasteiger partial charge in [0.2, 0.25) is 0 Å². The van der Waals surface area contributed by atoms with Crippen molar-refractivity contribution < 1.29 is 4.79 Å². The summed E-state index contributed by atoms with van der Waals surface area (Å²) in [6.07, 6.45) is 3.36. The van der Waals surface area contributed by atoms with Crippen molar-refractivity contribution in [1.82, 2.24) is 15.3 Å². The van der Waals surface area contributed by atoms with Crippen LogP contribution in [0.3, 0.4) is 0 Å². The van der Waals surface area contributed by atoms with Crippen LogP contribution in [0.2, 0.25) is 0 Å². The van der Waals surface area contributed by atoms with Crippen molar-refractivity contribution in [2.45, 2.75) is 20.4 Å². The molecule has 0 bridgehead atoms. The van der Waals surface area contributed by atoms with Gasteiger partial charge in [0.25, 0.3) is 5.91 Å². The van der Waals surface area contributed by atoms with Gasteiger partial charge < -0.3 is 15.5 Å². The second-order valence-electron chi connectivity index (χ2n) is 6.28. The third-order valence-corrected chi connectivity index (χ3v) is 4.44. The van der Waals surface area contributed by atoms with Crippen LogP contribution in [-0.4, -0.2) is 29.0 Å². The Hall–Kier alpha value is -3.41. The molecule has 144 valence electrons. The number of hydrogen-bond acceptors (Lipinski definition) is 5. The van der Waals surface area contributed by atoms with Crippen molar-refractivity contribution in [3.8, 4) is 0 Å². The molecule has 2 N–H and O–H groups in total. The van der Waals surface area contributed by atoms with E-state index in [2.05, 4.69) is 51.5 Å². The molecule has 0 unspecified atom stereocenters. The normalized spacial score (nSPS) is 10.4. The molecule has 0 radical (unpaired) electrons. The summed E-state index contributed by atoms with van der Waals surface area (Å²) in [6.45, 7) is 6.64. The highest BCUT2D eigenvalue weighted by Crippen LogP contribution is 2.21. The van der Waals surface area contributed by atoms with E-state index in [0.717, 1.165) is 30.2 Å². The minimum Gasteiger partial charge on any atom is -0.372 e. The number of pyridine rings is 2. The predicted octanol–water partition coefficient (Wildman–Crippen LogP) is 4.00. The van der Waals surface area contributed by atoms with Crippen LogP contribution in [0.25, 0.3) is 0 Å². The van der Waals surface area contributed by atoms with Crippen molar-refractivity contribution >= 4 is 23.0 Å². The lowest BCUT2D eigenvalue weighted by Crippen LogP contribution is -2.24. The average Bonchev–Trinajstić information content (AvgIpc) is 2.75. The summed E-state index contributed by atoms with van der Waals surface area (Å²) in [7, 11) is 0. The molecule has 3 rings (SSSR count). The molecule has 6 nitrogen and oxygen atoms in total. The Bertz CT molecular complexity index is 875. The molecule has 0 saturated heterocycles. The van der Waals surface area contributed by atoms with Gasteiger partial charge in [-0.1, -0.05) is 6.07 Å². The van der Waals surface area contributed by atoms with Gasteiger partial charge >= 0.3 is 0 Å². The Morgan fingerprint density at radius 1 is 0.929 bits per heavy atom. The van der Waals surface area contributed by atoms with E-state index < -0.39 is 0 Å². The van der Waals surface area contributed by atoms with Gasteiger partial charge in [0, 0.05) is 30.7 Å². The largest absolute Gasteiger partial charge is 0.372 e. The van der Waals surface area contributed by atoms with Crippen molar-refractivity contribution in [1.29, 1.82) is 0 Å². The number of aromatic nitrogens is 2. The van der Waals surface area contributed by atoms with Crippen molar-refractivity contribution in [3.05, 3.63) is 78.4 Å². The lowest BCUT2D eigenvalue weighted by molar-refractivity contribution is 0.0945. The van der Waals surface area contributed by atoms with Crippen LogP contribution in [0.5, 0.6) is 0 Å². The van der Waals surface area contributed by atoms with Crippen molar-refractivity contribution in [2.75, 3.05) is 23.3 Å². The Morgan fingerprint density at radius 3 is 2.29 bits per heavy atom. The smallest absolute Gasteiger partial charge is 0.270 e. The van der Waals surface area contributed by atoms with Crippen LogP contribution < -0.4 is 15.5 Å². The number of nitrogens with zero attached hydrogens (tertiary/aromatic N) is 3. The monoisotopic (exact) mass is 375 g/mol.